The quantitative estimate of drug-likeness (QED) is 0.686. The van der Waals surface area contributed by atoms with Crippen molar-refractivity contribution in [2.45, 2.75) is 51.6 Å². The van der Waals surface area contributed by atoms with Gasteiger partial charge in [0.1, 0.15) is 6.04 Å². The third-order valence-electron chi connectivity index (χ3n) is 3.40. The minimum absolute atomic E-state index is 0.221. The van der Waals surface area contributed by atoms with Crippen molar-refractivity contribution in [2.24, 2.45) is 5.92 Å². The number of hydrogen-bond acceptors (Lipinski definition) is 3. The van der Waals surface area contributed by atoms with Gasteiger partial charge >= 0.3 is 12.0 Å². The summed E-state index contributed by atoms with van der Waals surface area (Å²) >= 11 is 1.59. The zero-order valence-corrected chi connectivity index (χ0v) is 13.4. The Hall–Kier alpha value is -0.910. The second-order valence-corrected chi connectivity index (χ2v) is 6.71. The van der Waals surface area contributed by atoms with Gasteiger partial charge in [0.05, 0.1) is 0 Å². The van der Waals surface area contributed by atoms with Crippen molar-refractivity contribution in [3.05, 3.63) is 0 Å². The van der Waals surface area contributed by atoms with Crippen molar-refractivity contribution in [3.8, 4) is 0 Å². The maximum absolute atomic E-state index is 12.3. The molecule has 0 radical (unpaired) electrons. The molecule has 1 saturated carbocycles. The first-order chi connectivity index (χ1) is 9.45. The van der Waals surface area contributed by atoms with Gasteiger partial charge in [0.15, 0.2) is 0 Å². The lowest BCUT2D eigenvalue weighted by Crippen LogP contribution is -2.49. The summed E-state index contributed by atoms with van der Waals surface area (Å²) in [4.78, 5) is 25.2. The molecule has 0 aromatic rings. The zero-order chi connectivity index (χ0) is 15.1. The molecule has 0 aromatic heterocycles. The van der Waals surface area contributed by atoms with Gasteiger partial charge in [-0.25, -0.2) is 9.59 Å². The molecule has 20 heavy (non-hydrogen) atoms. The number of carboxylic acid groups (broad SMARTS) is 1. The molecule has 1 rings (SSSR count). The Morgan fingerprint density at radius 2 is 2.00 bits per heavy atom. The molecule has 0 heterocycles. The molecule has 1 unspecified atom stereocenters. The fraction of sp³-hybridized carbons (Fsp3) is 0.857. The standard InChI is InChI=1S/C14H26N2O3S/c1-10(2)6-8-16(11-4-5-11)14(19)15-12(13(17)18)7-9-20-3/h10-12H,4-9H2,1-3H3,(H,15,19)(H,17,18). The Bertz CT molecular complexity index is 332. The van der Waals surface area contributed by atoms with E-state index in [4.69, 9.17) is 5.11 Å². The average Bonchev–Trinajstić information content (AvgIpc) is 3.18. The molecule has 6 heteroatoms. The van der Waals surface area contributed by atoms with Crippen LogP contribution in [0.3, 0.4) is 0 Å². The summed E-state index contributed by atoms with van der Waals surface area (Å²) in [5.41, 5.74) is 0. The predicted molar refractivity (Wildman–Crippen MR) is 82.1 cm³/mol. The lowest BCUT2D eigenvalue weighted by Gasteiger charge is -2.25. The highest BCUT2D eigenvalue weighted by Gasteiger charge is 2.33. The smallest absolute Gasteiger partial charge is 0.326 e. The molecule has 1 aliphatic rings. The molecular weight excluding hydrogens is 276 g/mol. The molecular formula is C14H26N2O3S. The van der Waals surface area contributed by atoms with Gasteiger partial charge in [-0.05, 0) is 43.6 Å². The van der Waals surface area contributed by atoms with Crippen LogP contribution in [0.5, 0.6) is 0 Å². The van der Waals surface area contributed by atoms with Gasteiger partial charge in [-0.3, -0.25) is 0 Å². The summed E-state index contributed by atoms with van der Waals surface area (Å²) in [6, 6.07) is -0.694. The largest absolute Gasteiger partial charge is 0.480 e. The summed E-state index contributed by atoms with van der Waals surface area (Å²) in [5, 5.41) is 11.8. The van der Waals surface area contributed by atoms with E-state index in [1.54, 1.807) is 11.8 Å². The van der Waals surface area contributed by atoms with E-state index in [1.165, 1.54) is 0 Å². The van der Waals surface area contributed by atoms with Gasteiger partial charge in [-0.1, -0.05) is 13.8 Å². The first-order valence-corrected chi connectivity index (χ1v) is 8.64. The second kappa shape index (κ2) is 8.39. The lowest BCUT2D eigenvalue weighted by molar-refractivity contribution is -0.139. The zero-order valence-electron chi connectivity index (χ0n) is 12.6. The van der Waals surface area contributed by atoms with Crippen molar-refractivity contribution >= 4 is 23.8 Å². The van der Waals surface area contributed by atoms with Crippen molar-refractivity contribution in [3.63, 3.8) is 0 Å². The summed E-state index contributed by atoms with van der Waals surface area (Å²) in [5.74, 6) is 0.315. The molecule has 1 aliphatic carbocycles. The van der Waals surface area contributed by atoms with E-state index in [1.807, 2.05) is 11.2 Å². The molecule has 0 spiro atoms. The fourth-order valence-electron chi connectivity index (χ4n) is 1.96. The maximum atomic E-state index is 12.3. The minimum Gasteiger partial charge on any atom is -0.480 e. The van der Waals surface area contributed by atoms with Crippen molar-refractivity contribution in [2.75, 3.05) is 18.6 Å². The number of nitrogens with zero attached hydrogens (tertiary/aromatic N) is 1. The highest BCUT2D eigenvalue weighted by atomic mass is 32.2. The van der Waals surface area contributed by atoms with Gasteiger partial charge in [0, 0.05) is 12.6 Å². The summed E-state index contributed by atoms with van der Waals surface area (Å²) < 4.78 is 0. The molecule has 116 valence electrons. The normalized spacial score (nSPS) is 16.0. The van der Waals surface area contributed by atoms with Crippen LogP contribution in [0.15, 0.2) is 0 Å². The van der Waals surface area contributed by atoms with Gasteiger partial charge in [0.25, 0.3) is 0 Å². The molecule has 1 fully saturated rings. The Labute approximate surface area is 125 Å². The number of carboxylic acids is 1. The van der Waals surface area contributed by atoms with Crippen molar-refractivity contribution < 1.29 is 14.7 Å². The van der Waals surface area contributed by atoms with Crippen LogP contribution in [-0.4, -0.2) is 52.6 Å². The minimum atomic E-state index is -0.952. The van der Waals surface area contributed by atoms with Crippen LogP contribution in [-0.2, 0) is 4.79 Å². The number of hydrogen-bond donors (Lipinski definition) is 2. The van der Waals surface area contributed by atoms with E-state index < -0.39 is 12.0 Å². The number of nitrogens with one attached hydrogen (secondary N) is 1. The summed E-state index contributed by atoms with van der Waals surface area (Å²) in [6.45, 7) is 4.96. The molecule has 2 N–H and O–H groups in total. The molecule has 2 amide bonds. The van der Waals surface area contributed by atoms with Crippen LogP contribution in [0.1, 0.15) is 39.5 Å². The maximum Gasteiger partial charge on any atom is 0.326 e. The predicted octanol–water partition coefficient (Wildman–Crippen LogP) is 2.41. The third-order valence-corrected chi connectivity index (χ3v) is 4.05. The molecule has 0 saturated heterocycles. The molecule has 1 atom stereocenters. The number of carbonyl (C=O) groups excluding carboxylic acids is 1. The van der Waals surface area contributed by atoms with Gasteiger partial charge in [0.2, 0.25) is 0 Å². The van der Waals surface area contributed by atoms with E-state index in [0.29, 0.717) is 24.9 Å². The Balaban J connectivity index is 2.52. The van der Waals surface area contributed by atoms with Gasteiger partial charge in [-0.15, -0.1) is 0 Å². The number of thioether (sulfide) groups is 1. The summed E-state index contributed by atoms with van der Waals surface area (Å²) in [6.07, 6.45) is 5.42. The Morgan fingerprint density at radius 3 is 2.45 bits per heavy atom. The number of carbonyl (C=O) groups is 2. The van der Waals surface area contributed by atoms with Crippen LogP contribution >= 0.6 is 11.8 Å². The SMILES string of the molecule is CSCCC(NC(=O)N(CCC(C)C)C1CC1)C(=O)O. The first kappa shape index (κ1) is 17.1. The van der Waals surface area contributed by atoms with Crippen LogP contribution in [0.2, 0.25) is 0 Å². The first-order valence-electron chi connectivity index (χ1n) is 7.24. The number of urea groups is 1. The van der Waals surface area contributed by atoms with E-state index in [-0.39, 0.29) is 6.03 Å². The van der Waals surface area contributed by atoms with E-state index in [9.17, 15) is 9.59 Å². The molecule has 0 aromatic carbocycles. The molecule has 0 bridgehead atoms. The molecule has 0 aliphatic heterocycles. The van der Waals surface area contributed by atoms with E-state index in [0.717, 1.165) is 25.0 Å². The lowest BCUT2D eigenvalue weighted by atomic mass is 10.1. The summed E-state index contributed by atoms with van der Waals surface area (Å²) in [7, 11) is 0. The van der Waals surface area contributed by atoms with E-state index >= 15 is 0 Å². The number of rotatable bonds is 9. The second-order valence-electron chi connectivity index (χ2n) is 5.73. The fourth-order valence-corrected chi connectivity index (χ4v) is 2.43. The van der Waals surface area contributed by atoms with Crippen LogP contribution in [0, 0.1) is 5.92 Å². The highest BCUT2D eigenvalue weighted by molar-refractivity contribution is 7.98. The third kappa shape index (κ3) is 6.03. The van der Waals surface area contributed by atoms with Crippen molar-refractivity contribution in [1.82, 2.24) is 10.2 Å². The van der Waals surface area contributed by atoms with Gasteiger partial charge in [-0.2, -0.15) is 11.8 Å². The van der Waals surface area contributed by atoms with Crippen LogP contribution < -0.4 is 5.32 Å². The van der Waals surface area contributed by atoms with Gasteiger partial charge < -0.3 is 15.3 Å². The van der Waals surface area contributed by atoms with E-state index in [2.05, 4.69) is 19.2 Å². The van der Waals surface area contributed by atoms with Crippen molar-refractivity contribution in [1.29, 1.82) is 0 Å². The monoisotopic (exact) mass is 302 g/mol. The average molecular weight is 302 g/mol. The highest BCUT2D eigenvalue weighted by Crippen LogP contribution is 2.27. The Morgan fingerprint density at radius 1 is 1.35 bits per heavy atom. The number of amides is 2. The number of aliphatic carboxylic acids is 1. The van der Waals surface area contributed by atoms with Crippen LogP contribution in [0.25, 0.3) is 0 Å². The topological polar surface area (TPSA) is 69.6 Å². The van der Waals surface area contributed by atoms with Crippen LogP contribution in [0.4, 0.5) is 4.79 Å². The Kier molecular flexibility index (Phi) is 7.19. The molecule has 5 nitrogen and oxygen atoms in total.